The average molecular weight is 290 g/mol. The molecular formula is C14H14N2O3S. The van der Waals surface area contributed by atoms with Crippen molar-refractivity contribution in [1.29, 1.82) is 0 Å². The van der Waals surface area contributed by atoms with E-state index in [9.17, 15) is 13.2 Å². The quantitative estimate of drug-likeness (QED) is 0.843. The molecule has 0 fully saturated rings. The van der Waals surface area contributed by atoms with Gasteiger partial charge in [0.05, 0.1) is 10.6 Å². The van der Waals surface area contributed by atoms with Crippen molar-refractivity contribution < 1.29 is 13.2 Å². The number of carbonyl (C=O) groups is 1. The summed E-state index contributed by atoms with van der Waals surface area (Å²) in [4.78, 5) is 12.0. The number of rotatable bonds is 4. The molecule has 0 aromatic heterocycles. The molecule has 1 amide bonds. The molecule has 0 bridgehead atoms. The molecule has 0 unspecified atom stereocenters. The Bertz CT molecular complexity index is 695. The van der Waals surface area contributed by atoms with Crippen molar-refractivity contribution in [2.45, 2.75) is 4.90 Å². The molecule has 0 saturated heterocycles. The smallest absolute Gasteiger partial charge is 0.269 e. The van der Waals surface area contributed by atoms with Crippen LogP contribution in [-0.2, 0) is 9.84 Å². The van der Waals surface area contributed by atoms with Crippen LogP contribution in [0.25, 0.3) is 0 Å². The van der Waals surface area contributed by atoms with Gasteiger partial charge < -0.3 is 0 Å². The Labute approximate surface area is 117 Å². The number of benzene rings is 2. The van der Waals surface area contributed by atoms with Gasteiger partial charge in [-0.25, -0.2) is 8.42 Å². The average Bonchev–Trinajstić information content (AvgIpc) is 2.45. The van der Waals surface area contributed by atoms with Gasteiger partial charge in [-0.05, 0) is 36.4 Å². The van der Waals surface area contributed by atoms with Gasteiger partial charge in [-0.3, -0.25) is 15.6 Å². The van der Waals surface area contributed by atoms with E-state index in [1.807, 2.05) is 6.07 Å². The summed E-state index contributed by atoms with van der Waals surface area (Å²) in [6.45, 7) is 0. The largest absolute Gasteiger partial charge is 0.298 e. The monoisotopic (exact) mass is 290 g/mol. The van der Waals surface area contributed by atoms with Crippen LogP contribution in [0.3, 0.4) is 0 Å². The summed E-state index contributed by atoms with van der Waals surface area (Å²) in [6.07, 6.45) is 1.15. The highest BCUT2D eigenvalue weighted by Gasteiger charge is 2.07. The van der Waals surface area contributed by atoms with Crippen LogP contribution < -0.4 is 10.9 Å². The van der Waals surface area contributed by atoms with Gasteiger partial charge >= 0.3 is 0 Å². The minimum absolute atomic E-state index is 0.234. The molecule has 5 nitrogen and oxygen atoms in total. The molecule has 2 rings (SSSR count). The molecule has 2 N–H and O–H groups in total. The van der Waals surface area contributed by atoms with E-state index in [0.29, 0.717) is 11.3 Å². The van der Waals surface area contributed by atoms with E-state index in [0.717, 1.165) is 6.26 Å². The number of hydrogen-bond donors (Lipinski definition) is 2. The van der Waals surface area contributed by atoms with Crippen molar-refractivity contribution >= 4 is 21.4 Å². The second kappa shape index (κ2) is 5.75. The van der Waals surface area contributed by atoms with Crippen LogP contribution in [0.1, 0.15) is 10.4 Å². The first-order valence-electron chi connectivity index (χ1n) is 5.88. The Morgan fingerprint density at radius 2 is 1.55 bits per heavy atom. The zero-order valence-electron chi connectivity index (χ0n) is 10.8. The predicted octanol–water partition coefficient (Wildman–Crippen LogP) is 1.85. The fraction of sp³-hybridized carbons (Fsp3) is 0.0714. The van der Waals surface area contributed by atoms with Gasteiger partial charge in [-0.15, -0.1) is 0 Å². The lowest BCUT2D eigenvalue weighted by atomic mass is 10.2. The maximum Gasteiger partial charge on any atom is 0.269 e. The summed E-state index contributed by atoms with van der Waals surface area (Å²) in [7, 11) is -3.21. The Balaban J connectivity index is 2.00. The number of hydrazine groups is 1. The number of carbonyl (C=O) groups excluding carboxylic acids is 1. The molecule has 0 aliphatic carbocycles. The third kappa shape index (κ3) is 3.58. The van der Waals surface area contributed by atoms with E-state index in [4.69, 9.17) is 0 Å². The van der Waals surface area contributed by atoms with Crippen LogP contribution in [0, 0.1) is 0 Å². The molecular weight excluding hydrogens is 276 g/mol. The lowest BCUT2D eigenvalue weighted by molar-refractivity contribution is 0.0962. The van der Waals surface area contributed by atoms with Gasteiger partial charge in [0, 0.05) is 11.8 Å². The molecule has 0 heterocycles. The maximum absolute atomic E-state index is 11.8. The van der Waals surface area contributed by atoms with E-state index in [2.05, 4.69) is 10.9 Å². The van der Waals surface area contributed by atoms with Crippen LogP contribution in [0.15, 0.2) is 59.5 Å². The first kappa shape index (κ1) is 14.1. The number of amides is 1. The molecule has 0 spiro atoms. The lowest BCUT2D eigenvalue weighted by Gasteiger charge is -2.08. The normalized spacial score (nSPS) is 10.8. The Hall–Kier alpha value is -2.34. The molecule has 2 aromatic rings. The molecule has 6 heteroatoms. The zero-order chi connectivity index (χ0) is 14.6. The van der Waals surface area contributed by atoms with Gasteiger partial charge in [-0.2, -0.15) is 0 Å². The minimum Gasteiger partial charge on any atom is -0.298 e. The van der Waals surface area contributed by atoms with Crippen LogP contribution in [0.2, 0.25) is 0 Å². The molecule has 0 atom stereocenters. The second-order valence-electron chi connectivity index (χ2n) is 4.24. The summed E-state index contributed by atoms with van der Waals surface area (Å²) in [5.41, 5.74) is 6.40. The highest BCUT2D eigenvalue weighted by molar-refractivity contribution is 7.90. The fourth-order valence-corrected chi connectivity index (χ4v) is 2.21. The molecule has 0 aliphatic rings. The van der Waals surface area contributed by atoms with E-state index >= 15 is 0 Å². The van der Waals surface area contributed by atoms with Crippen molar-refractivity contribution in [3.05, 3.63) is 60.2 Å². The van der Waals surface area contributed by atoms with Gasteiger partial charge in [-0.1, -0.05) is 18.2 Å². The predicted molar refractivity (Wildman–Crippen MR) is 77.1 cm³/mol. The standard InChI is InChI=1S/C14H14N2O3S/c1-20(18,19)13-9-7-12(8-10-13)15-16-14(17)11-5-3-2-4-6-11/h2-10,15H,1H3,(H,16,17). The second-order valence-corrected chi connectivity index (χ2v) is 6.26. The summed E-state index contributed by atoms with van der Waals surface area (Å²) in [6, 6.07) is 14.9. The van der Waals surface area contributed by atoms with Crippen molar-refractivity contribution in [2.24, 2.45) is 0 Å². The molecule has 0 aliphatic heterocycles. The fourth-order valence-electron chi connectivity index (χ4n) is 1.58. The van der Waals surface area contributed by atoms with Crippen molar-refractivity contribution in [3.63, 3.8) is 0 Å². The summed E-state index contributed by atoms with van der Waals surface area (Å²) in [5, 5.41) is 0. The van der Waals surface area contributed by atoms with Crippen LogP contribution in [0.4, 0.5) is 5.69 Å². The van der Waals surface area contributed by atoms with Crippen molar-refractivity contribution in [1.82, 2.24) is 5.43 Å². The number of nitrogens with one attached hydrogen (secondary N) is 2. The third-order valence-electron chi connectivity index (χ3n) is 2.64. The highest BCUT2D eigenvalue weighted by Crippen LogP contribution is 2.13. The van der Waals surface area contributed by atoms with Crippen LogP contribution in [0.5, 0.6) is 0 Å². The zero-order valence-corrected chi connectivity index (χ0v) is 11.6. The Morgan fingerprint density at radius 1 is 0.950 bits per heavy atom. The van der Waals surface area contributed by atoms with Gasteiger partial charge in [0.2, 0.25) is 0 Å². The molecule has 104 valence electrons. The first-order valence-corrected chi connectivity index (χ1v) is 7.77. The topological polar surface area (TPSA) is 75.3 Å². The van der Waals surface area contributed by atoms with Gasteiger partial charge in [0.15, 0.2) is 9.84 Å². The molecule has 0 radical (unpaired) electrons. The number of hydrogen-bond acceptors (Lipinski definition) is 4. The SMILES string of the molecule is CS(=O)(=O)c1ccc(NNC(=O)c2ccccc2)cc1. The van der Waals surface area contributed by atoms with E-state index in [1.54, 1.807) is 36.4 Å². The number of anilines is 1. The Kier molecular flexibility index (Phi) is 4.05. The summed E-state index contributed by atoms with van der Waals surface area (Å²) >= 11 is 0. The maximum atomic E-state index is 11.8. The number of sulfone groups is 1. The van der Waals surface area contributed by atoms with Crippen molar-refractivity contribution in [2.75, 3.05) is 11.7 Å². The third-order valence-corrected chi connectivity index (χ3v) is 3.77. The van der Waals surface area contributed by atoms with E-state index < -0.39 is 9.84 Å². The van der Waals surface area contributed by atoms with Gasteiger partial charge in [0.1, 0.15) is 0 Å². The summed E-state index contributed by atoms with van der Waals surface area (Å²) < 4.78 is 22.6. The van der Waals surface area contributed by atoms with Crippen LogP contribution in [-0.4, -0.2) is 20.6 Å². The highest BCUT2D eigenvalue weighted by atomic mass is 32.2. The minimum atomic E-state index is -3.21. The summed E-state index contributed by atoms with van der Waals surface area (Å²) in [5.74, 6) is -0.266. The first-order chi connectivity index (χ1) is 9.47. The van der Waals surface area contributed by atoms with E-state index in [1.165, 1.54) is 12.1 Å². The van der Waals surface area contributed by atoms with Crippen LogP contribution >= 0.6 is 0 Å². The van der Waals surface area contributed by atoms with Crippen molar-refractivity contribution in [3.8, 4) is 0 Å². The van der Waals surface area contributed by atoms with Gasteiger partial charge in [0.25, 0.3) is 5.91 Å². The van der Waals surface area contributed by atoms with E-state index in [-0.39, 0.29) is 10.8 Å². The lowest BCUT2D eigenvalue weighted by Crippen LogP contribution is -2.29. The molecule has 20 heavy (non-hydrogen) atoms. The molecule has 0 saturated carbocycles. The Morgan fingerprint density at radius 3 is 2.10 bits per heavy atom. The molecule has 2 aromatic carbocycles.